The molecule has 32 heavy (non-hydrogen) atoms. The Kier molecular flexibility index (Phi) is 5.41. The first-order valence-corrected chi connectivity index (χ1v) is 11.4. The number of hydrogen-bond acceptors (Lipinski definition) is 4. The predicted molar refractivity (Wildman–Crippen MR) is 125 cm³/mol. The molecular weight excluding hydrogens is 420 g/mol. The summed E-state index contributed by atoms with van der Waals surface area (Å²) in [6.07, 6.45) is 0.448. The van der Waals surface area contributed by atoms with Crippen LogP contribution in [0.5, 0.6) is 0 Å². The van der Waals surface area contributed by atoms with Gasteiger partial charge in [-0.2, -0.15) is 0 Å². The minimum absolute atomic E-state index is 0.181. The van der Waals surface area contributed by atoms with E-state index in [2.05, 4.69) is 9.97 Å². The third kappa shape index (κ3) is 3.99. The van der Waals surface area contributed by atoms with Gasteiger partial charge in [0.25, 0.3) is 5.91 Å². The summed E-state index contributed by atoms with van der Waals surface area (Å²) in [7, 11) is 0. The number of carbonyl (C=O) groups is 2. The average Bonchev–Trinajstić information content (AvgIpc) is 3.25. The van der Waals surface area contributed by atoms with Crippen molar-refractivity contribution in [3.8, 4) is 0 Å². The summed E-state index contributed by atoms with van der Waals surface area (Å²) in [4.78, 5) is 34.8. The lowest BCUT2D eigenvalue weighted by molar-refractivity contribution is -0.122. The SMILES string of the molecule is NC(=O)[C@H]1Cc2ccccc2CN1C(=O)c1ccc(CSc2nc3ccccc3[nH]2)cc1. The van der Waals surface area contributed by atoms with Gasteiger partial charge in [0.15, 0.2) is 5.16 Å². The monoisotopic (exact) mass is 442 g/mol. The predicted octanol–water partition coefficient (Wildman–Crippen LogP) is 3.91. The zero-order chi connectivity index (χ0) is 22.1. The number of benzene rings is 3. The number of para-hydroxylation sites is 2. The van der Waals surface area contributed by atoms with Crippen molar-refractivity contribution < 1.29 is 9.59 Å². The molecule has 7 heteroatoms. The summed E-state index contributed by atoms with van der Waals surface area (Å²) in [5.74, 6) is 0.0708. The molecule has 1 atom stereocenters. The molecule has 3 aromatic carbocycles. The smallest absolute Gasteiger partial charge is 0.254 e. The number of aromatic amines is 1. The second-order valence-corrected chi connectivity index (χ2v) is 8.83. The average molecular weight is 443 g/mol. The van der Waals surface area contributed by atoms with Crippen LogP contribution in [0.15, 0.2) is 78.0 Å². The summed E-state index contributed by atoms with van der Waals surface area (Å²) in [6, 6.07) is 22.7. The van der Waals surface area contributed by atoms with Crippen LogP contribution in [-0.4, -0.2) is 32.7 Å². The number of rotatable bonds is 5. The molecule has 6 nitrogen and oxygen atoms in total. The highest BCUT2D eigenvalue weighted by molar-refractivity contribution is 7.98. The largest absolute Gasteiger partial charge is 0.368 e. The fourth-order valence-electron chi connectivity index (χ4n) is 4.05. The lowest BCUT2D eigenvalue weighted by atomic mass is 9.93. The molecule has 1 aromatic heterocycles. The normalized spacial score (nSPS) is 15.5. The Balaban J connectivity index is 1.29. The van der Waals surface area contributed by atoms with E-state index in [1.807, 2.05) is 72.8 Å². The highest BCUT2D eigenvalue weighted by Gasteiger charge is 2.33. The Bertz CT molecular complexity index is 1270. The molecular formula is C25H22N4O2S. The molecule has 1 aliphatic heterocycles. The molecule has 1 aliphatic rings. The number of aromatic nitrogens is 2. The van der Waals surface area contributed by atoms with E-state index in [-0.39, 0.29) is 5.91 Å². The standard InChI is InChI=1S/C25H22N4O2S/c26-23(30)22-13-18-5-1-2-6-19(18)14-29(22)24(31)17-11-9-16(10-12-17)15-32-25-27-20-7-3-4-8-21(20)28-25/h1-12,22H,13-15H2,(H2,26,30)(H,27,28)/t22-/m1/s1. The summed E-state index contributed by atoms with van der Waals surface area (Å²) in [5, 5.41) is 0.864. The van der Waals surface area contributed by atoms with Crippen molar-refractivity contribution in [3.05, 3.63) is 95.1 Å². The van der Waals surface area contributed by atoms with Gasteiger partial charge in [0.05, 0.1) is 11.0 Å². The van der Waals surface area contributed by atoms with Gasteiger partial charge in [0.2, 0.25) is 5.91 Å². The zero-order valence-corrected chi connectivity index (χ0v) is 18.1. The summed E-state index contributed by atoms with van der Waals surface area (Å²) < 4.78 is 0. The van der Waals surface area contributed by atoms with Gasteiger partial charge in [-0.3, -0.25) is 9.59 Å². The number of imidazole rings is 1. The van der Waals surface area contributed by atoms with Crippen molar-refractivity contribution in [3.63, 3.8) is 0 Å². The third-order valence-corrected chi connectivity index (χ3v) is 6.73. The number of nitrogens with one attached hydrogen (secondary N) is 1. The molecule has 0 bridgehead atoms. The topological polar surface area (TPSA) is 92.1 Å². The van der Waals surface area contributed by atoms with Gasteiger partial charge in [-0.1, -0.05) is 60.3 Å². The van der Waals surface area contributed by atoms with Crippen molar-refractivity contribution >= 4 is 34.6 Å². The van der Waals surface area contributed by atoms with Crippen LogP contribution in [0.3, 0.4) is 0 Å². The van der Waals surface area contributed by atoms with Gasteiger partial charge in [-0.05, 0) is 41.0 Å². The molecule has 0 unspecified atom stereocenters. The summed E-state index contributed by atoms with van der Waals surface area (Å²) >= 11 is 1.61. The number of nitrogens with zero attached hydrogens (tertiary/aromatic N) is 2. The van der Waals surface area contributed by atoms with Crippen LogP contribution < -0.4 is 5.73 Å². The van der Waals surface area contributed by atoms with Gasteiger partial charge in [0.1, 0.15) is 6.04 Å². The van der Waals surface area contributed by atoms with Gasteiger partial charge >= 0.3 is 0 Å². The fraction of sp³-hybridized carbons (Fsp3) is 0.160. The van der Waals surface area contributed by atoms with Crippen LogP contribution in [0.4, 0.5) is 0 Å². The molecule has 0 saturated heterocycles. The van der Waals surface area contributed by atoms with Crippen molar-refractivity contribution in [2.24, 2.45) is 5.73 Å². The molecule has 3 N–H and O–H groups in total. The Labute approximate surface area is 189 Å². The fourth-order valence-corrected chi connectivity index (χ4v) is 4.89. The van der Waals surface area contributed by atoms with Crippen LogP contribution in [0.25, 0.3) is 11.0 Å². The summed E-state index contributed by atoms with van der Waals surface area (Å²) in [5.41, 5.74) is 11.4. The minimum Gasteiger partial charge on any atom is -0.368 e. The van der Waals surface area contributed by atoms with Crippen LogP contribution in [0, 0.1) is 0 Å². The highest BCUT2D eigenvalue weighted by Crippen LogP contribution is 2.26. The van der Waals surface area contributed by atoms with Crippen LogP contribution in [0.1, 0.15) is 27.0 Å². The number of H-pyrrole nitrogens is 1. The summed E-state index contributed by atoms with van der Waals surface area (Å²) in [6.45, 7) is 0.381. The van der Waals surface area contributed by atoms with Gasteiger partial charge in [-0.25, -0.2) is 4.98 Å². The quantitative estimate of drug-likeness (QED) is 0.459. The molecule has 2 heterocycles. The molecule has 2 amide bonds. The number of thioether (sulfide) groups is 1. The molecule has 0 radical (unpaired) electrons. The second kappa shape index (κ2) is 8.51. The number of nitrogens with two attached hydrogens (primary N) is 1. The van der Waals surface area contributed by atoms with E-state index >= 15 is 0 Å². The molecule has 0 fully saturated rings. The number of carbonyl (C=O) groups excluding carboxylic acids is 2. The van der Waals surface area contributed by atoms with Gasteiger partial charge in [0, 0.05) is 24.3 Å². The van der Waals surface area contributed by atoms with Crippen molar-refractivity contribution in [1.29, 1.82) is 0 Å². The highest BCUT2D eigenvalue weighted by atomic mass is 32.2. The van der Waals surface area contributed by atoms with E-state index in [1.165, 1.54) is 0 Å². The van der Waals surface area contributed by atoms with Gasteiger partial charge < -0.3 is 15.6 Å². The first-order valence-electron chi connectivity index (χ1n) is 10.4. The first-order chi connectivity index (χ1) is 15.6. The number of amides is 2. The lowest BCUT2D eigenvalue weighted by Crippen LogP contribution is -2.51. The third-order valence-electron chi connectivity index (χ3n) is 5.78. The van der Waals surface area contributed by atoms with E-state index in [0.717, 1.165) is 38.6 Å². The Hall–Kier alpha value is -3.58. The molecule has 0 aliphatic carbocycles. The van der Waals surface area contributed by atoms with Crippen LogP contribution in [0.2, 0.25) is 0 Å². The van der Waals surface area contributed by atoms with E-state index in [4.69, 9.17) is 5.73 Å². The number of primary amides is 1. The molecule has 160 valence electrons. The lowest BCUT2D eigenvalue weighted by Gasteiger charge is -2.35. The zero-order valence-electron chi connectivity index (χ0n) is 17.3. The Morgan fingerprint density at radius 3 is 2.47 bits per heavy atom. The van der Waals surface area contributed by atoms with Crippen molar-refractivity contribution in [2.75, 3.05) is 0 Å². The van der Waals surface area contributed by atoms with E-state index < -0.39 is 11.9 Å². The van der Waals surface area contributed by atoms with Crippen molar-refractivity contribution in [1.82, 2.24) is 14.9 Å². The molecule has 0 spiro atoms. The second-order valence-electron chi connectivity index (χ2n) is 7.87. The van der Waals surface area contributed by atoms with Crippen molar-refractivity contribution in [2.45, 2.75) is 29.9 Å². The van der Waals surface area contributed by atoms with E-state index in [9.17, 15) is 9.59 Å². The maximum Gasteiger partial charge on any atom is 0.254 e. The maximum absolute atomic E-state index is 13.2. The van der Waals surface area contributed by atoms with Crippen LogP contribution >= 0.6 is 11.8 Å². The number of fused-ring (bicyclic) bond motifs is 2. The Morgan fingerprint density at radius 2 is 1.72 bits per heavy atom. The van der Waals surface area contributed by atoms with Crippen LogP contribution in [-0.2, 0) is 23.5 Å². The maximum atomic E-state index is 13.2. The van der Waals surface area contributed by atoms with E-state index in [0.29, 0.717) is 18.5 Å². The Morgan fingerprint density at radius 1 is 1.00 bits per heavy atom. The van der Waals surface area contributed by atoms with E-state index in [1.54, 1.807) is 16.7 Å². The molecule has 5 rings (SSSR count). The minimum atomic E-state index is -0.638. The molecule has 0 saturated carbocycles. The first kappa shape index (κ1) is 20.3. The number of hydrogen-bond donors (Lipinski definition) is 2. The molecule has 4 aromatic rings. The van der Waals surface area contributed by atoms with Gasteiger partial charge in [-0.15, -0.1) is 0 Å².